The Hall–Kier alpha value is -2.81. The van der Waals surface area contributed by atoms with Crippen LogP contribution in [0.1, 0.15) is 10.5 Å². The van der Waals surface area contributed by atoms with E-state index in [4.69, 9.17) is 11.6 Å². The van der Waals surface area contributed by atoms with E-state index < -0.39 is 0 Å². The first-order valence-corrected chi connectivity index (χ1v) is 11.0. The molecule has 2 amide bonds. The molecule has 2 heterocycles. The van der Waals surface area contributed by atoms with Crippen LogP contribution in [-0.4, -0.2) is 59.3 Å². The van der Waals surface area contributed by atoms with Crippen LogP contribution < -0.4 is 5.32 Å². The summed E-state index contributed by atoms with van der Waals surface area (Å²) in [6.07, 6.45) is 0. The average Bonchev–Trinajstić information content (AvgIpc) is 3.26. The predicted octanol–water partition coefficient (Wildman–Crippen LogP) is 4.00. The number of anilines is 1. The molecule has 6 nitrogen and oxygen atoms in total. The van der Waals surface area contributed by atoms with Crippen molar-refractivity contribution in [2.24, 2.45) is 0 Å². The van der Waals surface area contributed by atoms with Crippen molar-refractivity contribution in [3.8, 4) is 10.6 Å². The summed E-state index contributed by atoms with van der Waals surface area (Å²) in [6, 6.07) is 13.0. The van der Waals surface area contributed by atoms with Crippen LogP contribution in [0.15, 0.2) is 53.9 Å². The number of carbonyl (C=O) groups excluding carboxylic acids is 2. The smallest absolute Gasteiger partial charge is 0.273 e. The molecular formula is C22H20ClFN4O2S. The minimum atomic E-state index is -0.349. The SMILES string of the molecule is O=C(CN1CCN(C(=O)c2csc(-c3cccc(Cl)c3)n2)CC1)Nc1ccc(F)cc1. The number of nitrogens with one attached hydrogen (secondary N) is 1. The van der Waals surface area contributed by atoms with Crippen LogP contribution >= 0.6 is 22.9 Å². The molecule has 0 atom stereocenters. The maximum atomic E-state index is 13.0. The monoisotopic (exact) mass is 458 g/mol. The molecule has 1 aromatic heterocycles. The third-order valence-corrected chi connectivity index (χ3v) is 6.08. The molecule has 4 rings (SSSR count). The van der Waals surface area contributed by atoms with E-state index >= 15 is 0 Å². The van der Waals surface area contributed by atoms with E-state index in [1.807, 2.05) is 23.1 Å². The van der Waals surface area contributed by atoms with Gasteiger partial charge in [-0.1, -0.05) is 23.7 Å². The summed E-state index contributed by atoms with van der Waals surface area (Å²) >= 11 is 7.45. The van der Waals surface area contributed by atoms with Gasteiger partial charge in [-0.15, -0.1) is 11.3 Å². The Morgan fingerprint density at radius 1 is 1.10 bits per heavy atom. The van der Waals surface area contributed by atoms with Crippen molar-refractivity contribution in [2.45, 2.75) is 0 Å². The summed E-state index contributed by atoms with van der Waals surface area (Å²) in [5.41, 5.74) is 1.86. The highest BCUT2D eigenvalue weighted by molar-refractivity contribution is 7.13. The van der Waals surface area contributed by atoms with Crippen molar-refractivity contribution in [1.82, 2.24) is 14.8 Å². The molecule has 160 valence electrons. The molecule has 9 heteroatoms. The zero-order chi connectivity index (χ0) is 21.8. The third kappa shape index (κ3) is 5.46. The van der Waals surface area contributed by atoms with Gasteiger partial charge in [0, 0.05) is 47.8 Å². The number of benzene rings is 2. The minimum absolute atomic E-state index is 0.111. The number of rotatable bonds is 5. The van der Waals surface area contributed by atoms with Crippen molar-refractivity contribution in [2.75, 3.05) is 38.0 Å². The Bertz CT molecular complexity index is 1080. The molecule has 1 fully saturated rings. The van der Waals surface area contributed by atoms with Gasteiger partial charge >= 0.3 is 0 Å². The Morgan fingerprint density at radius 3 is 2.55 bits per heavy atom. The van der Waals surface area contributed by atoms with Crippen molar-refractivity contribution in [3.63, 3.8) is 0 Å². The zero-order valence-corrected chi connectivity index (χ0v) is 18.1. The van der Waals surface area contributed by atoms with Gasteiger partial charge in [0.05, 0.1) is 6.54 Å². The van der Waals surface area contributed by atoms with Crippen molar-refractivity contribution >= 4 is 40.4 Å². The fourth-order valence-corrected chi connectivity index (χ4v) is 4.32. The predicted molar refractivity (Wildman–Crippen MR) is 120 cm³/mol. The molecule has 0 spiro atoms. The number of carbonyl (C=O) groups is 2. The van der Waals surface area contributed by atoms with Crippen molar-refractivity contribution in [1.29, 1.82) is 0 Å². The zero-order valence-electron chi connectivity index (χ0n) is 16.6. The summed E-state index contributed by atoms with van der Waals surface area (Å²) in [4.78, 5) is 33.3. The summed E-state index contributed by atoms with van der Waals surface area (Å²) in [6.45, 7) is 2.44. The first-order chi connectivity index (χ1) is 15.0. The second-order valence-corrected chi connectivity index (χ2v) is 8.47. The summed E-state index contributed by atoms with van der Waals surface area (Å²) in [5.74, 6) is -0.629. The number of aromatic nitrogens is 1. The van der Waals surface area contributed by atoms with Gasteiger partial charge in [0.25, 0.3) is 5.91 Å². The topological polar surface area (TPSA) is 65.5 Å². The maximum absolute atomic E-state index is 13.0. The Balaban J connectivity index is 1.29. The van der Waals surface area contributed by atoms with Gasteiger partial charge in [-0.25, -0.2) is 9.37 Å². The number of hydrogen-bond acceptors (Lipinski definition) is 5. The van der Waals surface area contributed by atoms with Crippen LogP contribution in [0.5, 0.6) is 0 Å². The van der Waals surface area contributed by atoms with Crippen molar-refractivity contribution < 1.29 is 14.0 Å². The quantitative estimate of drug-likeness (QED) is 0.627. The summed E-state index contributed by atoms with van der Waals surface area (Å²) < 4.78 is 13.0. The maximum Gasteiger partial charge on any atom is 0.273 e. The lowest BCUT2D eigenvalue weighted by atomic mass is 10.2. The number of halogens is 2. The van der Waals surface area contributed by atoms with Crippen LogP contribution in [0.4, 0.5) is 10.1 Å². The lowest BCUT2D eigenvalue weighted by molar-refractivity contribution is -0.117. The van der Waals surface area contributed by atoms with Gasteiger partial charge in [-0.05, 0) is 36.4 Å². The summed E-state index contributed by atoms with van der Waals surface area (Å²) in [7, 11) is 0. The third-order valence-electron chi connectivity index (χ3n) is 4.95. The highest BCUT2D eigenvalue weighted by atomic mass is 35.5. The Kier molecular flexibility index (Phi) is 6.60. The molecule has 2 aromatic carbocycles. The molecular weight excluding hydrogens is 439 g/mol. The van der Waals surface area contributed by atoms with Gasteiger partial charge in [0.15, 0.2) is 0 Å². The van der Waals surface area contributed by atoms with E-state index in [9.17, 15) is 14.0 Å². The molecule has 31 heavy (non-hydrogen) atoms. The first-order valence-electron chi connectivity index (χ1n) is 9.76. The van der Waals surface area contributed by atoms with Gasteiger partial charge in [-0.2, -0.15) is 0 Å². The number of hydrogen-bond donors (Lipinski definition) is 1. The second kappa shape index (κ2) is 9.55. The molecule has 1 aliphatic heterocycles. The number of nitrogens with zero attached hydrogens (tertiary/aromatic N) is 3. The van der Waals surface area contributed by atoms with E-state index in [1.54, 1.807) is 16.3 Å². The van der Waals surface area contributed by atoms with Gasteiger partial charge < -0.3 is 10.2 Å². The minimum Gasteiger partial charge on any atom is -0.335 e. The van der Waals surface area contributed by atoms with E-state index in [1.165, 1.54) is 35.6 Å². The molecule has 0 unspecified atom stereocenters. The highest BCUT2D eigenvalue weighted by Crippen LogP contribution is 2.26. The molecule has 0 saturated carbocycles. The lowest BCUT2D eigenvalue weighted by Gasteiger charge is -2.33. The number of piperazine rings is 1. The van der Waals surface area contributed by atoms with E-state index in [0.29, 0.717) is 42.6 Å². The molecule has 1 aliphatic rings. The lowest BCUT2D eigenvalue weighted by Crippen LogP contribution is -2.50. The molecule has 3 aromatic rings. The van der Waals surface area contributed by atoms with Crippen LogP contribution in [0.25, 0.3) is 10.6 Å². The van der Waals surface area contributed by atoms with Gasteiger partial charge in [0.1, 0.15) is 16.5 Å². The Labute approximate surface area is 188 Å². The van der Waals surface area contributed by atoms with Crippen LogP contribution in [0.2, 0.25) is 5.02 Å². The second-order valence-electron chi connectivity index (χ2n) is 7.17. The largest absolute Gasteiger partial charge is 0.335 e. The fourth-order valence-electron chi connectivity index (χ4n) is 3.33. The van der Waals surface area contributed by atoms with Crippen LogP contribution in [0.3, 0.4) is 0 Å². The molecule has 1 N–H and O–H groups in total. The van der Waals surface area contributed by atoms with Crippen molar-refractivity contribution in [3.05, 3.63) is 70.4 Å². The Morgan fingerprint density at radius 2 is 1.84 bits per heavy atom. The molecule has 0 aliphatic carbocycles. The molecule has 0 bridgehead atoms. The number of amides is 2. The average molecular weight is 459 g/mol. The van der Waals surface area contributed by atoms with E-state index in [-0.39, 0.29) is 24.2 Å². The van der Waals surface area contributed by atoms with Gasteiger partial charge in [0.2, 0.25) is 5.91 Å². The van der Waals surface area contributed by atoms with E-state index in [2.05, 4.69) is 10.3 Å². The summed E-state index contributed by atoms with van der Waals surface area (Å²) in [5, 5.41) is 5.89. The normalized spacial score (nSPS) is 14.5. The van der Waals surface area contributed by atoms with E-state index in [0.717, 1.165) is 10.6 Å². The fraction of sp³-hybridized carbons (Fsp3) is 0.227. The molecule has 1 saturated heterocycles. The molecule has 0 radical (unpaired) electrons. The van der Waals surface area contributed by atoms with Crippen LogP contribution in [-0.2, 0) is 4.79 Å². The number of thiazole rings is 1. The van der Waals surface area contributed by atoms with Gasteiger partial charge in [-0.3, -0.25) is 14.5 Å². The highest BCUT2D eigenvalue weighted by Gasteiger charge is 2.25. The standard InChI is InChI=1S/C22H20ClFN4O2S/c23-16-3-1-2-15(12-16)21-26-19(14-31-21)22(30)28-10-8-27(9-11-28)13-20(29)25-18-6-4-17(24)5-7-18/h1-7,12,14H,8-11,13H2,(H,25,29). The first kappa shape index (κ1) is 21.4. The van der Waals surface area contributed by atoms with Crippen LogP contribution in [0, 0.1) is 5.82 Å².